The first-order valence-electron chi connectivity index (χ1n) is 6.34. The van der Waals surface area contributed by atoms with Crippen LogP contribution in [0.1, 0.15) is 50.9 Å². The van der Waals surface area contributed by atoms with E-state index in [9.17, 15) is 0 Å². The maximum atomic E-state index is 4.46. The molecule has 0 radical (unpaired) electrons. The van der Waals surface area contributed by atoms with Gasteiger partial charge in [0.1, 0.15) is 0 Å². The summed E-state index contributed by atoms with van der Waals surface area (Å²) >= 11 is 0. The van der Waals surface area contributed by atoms with Gasteiger partial charge in [-0.05, 0) is 39.3 Å². The Morgan fingerprint density at radius 1 is 1.25 bits per heavy atom. The van der Waals surface area contributed by atoms with Crippen molar-refractivity contribution < 1.29 is 0 Å². The van der Waals surface area contributed by atoms with Gasteiger partial charge in [0.15, 0.2) is 0 Å². The fraction of sp³-hybridized carbons (Fsp3) is 0.643. The molecule has 0 aromatic carbocycles. The van der Waals surface area contributed by atoms with E-state index >= 15 is 0 Å². The van der Waals surface area contributed by atoms with Crippen molar-refractivity contribution >= 4 is 5.69 Å². The lowest BCUT2D eigenvalue weighted by Crippen LogP contribution is -2.16. The molecule has 0 saturated carbocycles. The number of aromatic nitrogens is 1. The van der Waals surface area contributed by atoms with E-state index in [4.69, 9.17) is 0 Å². The molecule has 1 heterocycles. The molecule has 1 rings (SSSR count). The van der Waals surface area contributed by atoms with Gasteiger partial charge in [0.25, 0.3) is 0 Å². The molecule has 2 nitrogen and oxygen atoms in total. The topological polar surface area (TPSA) is 24.9 Å². The van der Waals surface area contributed by atoms with Crippen molar-refractivity contribution in [2.45, 2.75) is 59.4 Å². The maximum Gasteiger partial charge on any atom is 0.0606 e. The Kier molecular flexibility index (Phi) is 5.30. The molecule has 1 aromatic heterocycles. The molecule has 2 heteroatoms. The lowest BCUT2D eigenvalue weighted by Gasteiger charge is -2.16. The molecule has 16 heavy (non-hydrogen) atoms. The van der Waals surface area contributed by atoms with Gasteiger partial charge in [-0.25, -0.2) is 0 Å². The van der Waals surface area contributed by atoms with Gasteiger partial charge >= 0.3 is 0 Å². The molecule has 0 spiro atoms. The van der Waals surface area contributed by atoms with Crippen molar-refractivity contribution in [3.8, 4) is 0 Å². The minimum absolute atomic E-state index is 0.537. The van der Waals surface area contributed by atoms with E-state index in [0.717, 1.165) is 11.4 Å². The van der Waals surface area contributed by atoms with Gasteiger partial charge in [0, 0.05) is 11.7 Å². The first-order chi connectivity index (χ1) is 7.63. The number of rotatable bonds is 6. The molecule has 90 valence electrons. The first kappa shape index (κ1) is 13.0. The number of unbranched alkanes of at least 4 members (excludes halogenated alkanes) is 2. The second-order valence-electron chi connectivity index (χ2n) is 4.63. The molecular formula is C14H24N2. The van der Waals surface area contributed by atoms with Crippen LogP contribution in [0.3, 0.4) is 0 Å². The lowest BCUT2D eigenvalue weighted by atomic mass is 10.1. The van der Waals surface area contributed by atoms with Gasteiger partial charge in [0.2, 0.25) is 0 Å². The van der Waals surface area contributed by atoms with Crippen LogP contribution in [0.2, 0.25) is 0 Å². The summed E-state index contributed by atoms with van der Waals surface area (Å²) in [6.07, 6.45) is 5.17. The van der Waals surface area contributed by atoms with Crippen LogP contribution in [0.15, 0.2) is 12.1 Å². The highest BCUT2D eigenvalue weighted by Gasteiger charge is 2.04. The normalized spacial score (nSPS) is 12.5. The molecule has 0 saturated heterocycles. The van der Waals surface area contributed by atoms with E-state index in [1.54, 1.807) is 0 Å². The summed E-state index contributed by atoms with van der Waals surface area (Å²) in [5.74, 6) is 0. The molecule has 0 aliphatic carbocycles. The molecule has 0 aliphatic heterocycles. The van der Waals surface area contributed by atoms with Crippen molar-refractivity contribution in [2.75, 3.05) is 5.32 Å². The third-order valence-electron chi connectivity index (χ3n) is 2.87. The van der Waals surface area contributed by atoms with E-state index in [1.807, 2.05) is 6.92 Å². The van der Waals surface area contributed by atoms with Crippen molar-refractivity contribution in [1.82, 2.24) is 4.98 Å². The van der Waals surface area contributed by atoms with Crippen LogP contribution in [0, 0.1) is 13.8 Å². The zero-order chi connectivity index (χ0) is 12.0. The van der Waals surface area contributed by atoms with Crippen LogP contribution >= 0.6 is 0 Å². The molecule has 0 bridgehead atoms. The summed E-state index contributed by atoms with van der Waals surface area (Å²) in [4.78, 5) is 4.46. The van der Waals surface area contributed by atoms with Crippen molar-refractivity contribution in [3.63, 3.8) is 0 Å². The van der Waals surface area contributed by atoms with Crippen LogP contribution < -0.4 is 5.32 Å². The smallest absolute Gasteiger partial charge is 0.0606 e. The van der Waals surface area contributed by atoms with Crippen molar-refractivity contribution in [2.24, 2.45) is 0 Å². The number of nitrogens with zero attached hydrogens (tertiary/aromatic N) is 1. The Hall–Kier alpha value is -1.05. The van der Waals surface area contributed by atoms with Gasteiger partial charge in [0.05, 0.1) is 11.4 Å². The Morgan fingerprint density at radius 2 is 2.00 bits per heavy atom. The monoisotopic (exact) mass is 220 g/mol. The van der Waals surface area contributed by atoms with Crippen LogP contribution in [-0.2, 0) is 0 Å². The summed E-state index contributed by atoms with van der Waals surface area (Å²) < 4.78 is 0. The molecule has 1 unspecified atom stereocenters. The predicted octanol–water partition coefficient (Wildman–Crippen LogP) is 4.08. The second-order valence-corrected chi connectivity index (χ2v) is 4.63. The first-order valence-corrected chi connectivity index (χ1v) is 6.34. The summed E-state index contributed by atoms with van der Waals surface area (Å²) in [6, 6.07) is 4.73. The van der Waals surface area contributed by atoms with E-state index in [1.165, 1.54) is 31.4 Å². The third kappa shape index (κ3) is 4.21. The Labute approximate surface area is 99.5 Å². The van der Waals surface area contributed by atoms with E-state index < -0.39 is 0 Å². The quantitative estimate of drug-likeness (QED) is 0.731. The summed E-state index contributed by atoms with van der Waals surface area (Å²) in [5, 5.41) is 3.53. The number of anilines is 1. The van der Waals surface area contributed by atoms with Crippen LogP contribution in [0.5, 0.6) is 0 Å². The second kappa shape index (κ2) is 6.51. The van der Waals surface area contributed by atoms with Gasteiger partial charge in [-0.15, -0.1) is 0 Å². The van der Waals surface area contributed by atoms with Gasteiger partial charge in [-0.3, -0.25) is 4.98 Å². The number of pyridine rings is 1. The SMILES string of the molecule is CCCCCC(C)Nc1ccc(C)nc1C. The van der Waals surface area contributed by atoms with Crippen molar-refractivity contribution in [3.05, 3.63) is 23.5 Å². The van der Waals surface area contributed by atoms with Crippen LogP contribution in [0.25, 0.3) is 0 Å². The minimum atomic E-state index is 0.537. The van der Waals surface area contributed by atoms with Gasteiger partial charge < -0.3 is 5.32 Å². The minimum Gasteiger partial charge on any atom is -0.381 e. The highest BCUT2D eigenvalue weighted by molar-refractivity contribution is 5.48. The van der Waals surface area contributed by atoms with Gasteiger partial charge in [-0.2, -0.15) is 0 Å². The molecule has 1 atom stereocenters. The molecule has 1 N–H and O–H groups in total. The third-order valence-corrected chi connectivity index (χ3v) is 2.87. The average molecular weight is 220 g/mol. The zero-order valence-electron chi connectivity index (χ0n) is 11.0. The Bertz CT molecular complexity index is 321. The molecule has 1 aromatic rings. The number of nitrogens with one attached hydrogen (secondary N) is 1. The van der Waals surface area contributed by atoms with E-state index in [2.05, 4.69) is 43.2 Å². The molecule has 0 amide bonds. The standard InChI is InChI=1S/C14H24N2/c1-5-6-7-8-11(2)16-14-10-9-12(3)15-13(14)4/h9-11,16H,5-8H2,1-4H3. The number of hydrogen-bond acceptors (Lipinski definition) is 2. The van der Waals surface area contributed by atoms with Gasteiger partial charge in [-0.1, -0.05) is 26.2 Å². The lowest BCUT2D eigenvalue weighted by molar-refractivity contribution is 0.614. The van der Waals surface area contributed by atoms with Crippen LogP contribution in [-0.4, -0.2) is 11.0 Å². The Morgan fingerprint density at radius 3 is 2.62 bits per heavy atom. The summed E-state index contributed by atoms with van der Waals surface area (Å²) in [7, 11) is 0. The van der Waals surface area contributed by atoms with E-state index in [-0.39, 0.29) is 0 Å². The van der Waals surface area contributed by atoms with E-state index in [0.29, 0.717) is 6.04 Å². The average Bonchev–Trinajstić information content (AvgIpc) is 2.23. The number of aryl methyl sites for hydroxylation is 2. The summed E-state index contributed by atoms with van der Waals surface area (Å²) in [6.45, 7) is 8.58. The molecular weight excluding hydrogens is 196 g/mol. The zero-order valence-corrected chi connectivity index (χ0v) is 11.0. The Balaban J connectivity index is 2.46. The highest BCUT2D eigenvalue weighted by Crippen LogP contribution is 2.15. The maximum absolute atomic E-state index is 4.46. The molecule has 0 aliphatic rings. The highest BCUT2D eigenvalue weighted by atomic mass is 14.9. The fourth-order valence-electron chi connectivity index (χ4n) is 1.88. The van der Waals surface area contributed by atoms with Crippen LogP contribution in [0.4, 0.5) is 5.69 Å². The largest absolute Gasteiger partial charge is 0.381 e. The fourth-order valence-corrected chi connectivity index (χ4v) is 1.88. The molecule has 0 fully saturated rings. The van der Waals surface area contributed by atoms with Crippen molar-refractivity contribution in [1.29, 1.82) is 0 Å². The predicted molar refractivity (Wildman–Crippen MR) is 70.9 cm³/mol. The number of hydrogen-bond donors (Lipinski definition) is 1. The summed E-state index contributed by atoms with van der Waals surface area (Å²) in [5.41, 5.74) is 3.36.